The minimum absolute atomic E-state index is 0.0968. The summed E-state index contributed by atoms with van der Waals surface area (Å²) in [7, 11) is 0. The van der Waals surface area contributed by atoms with E-state index in [0.29, 0.717) is 5.71 Å². The first kappa shape index (κ1) is 18.5. The number of hydrogen-bond donors (Lipinski definition) is 1. The van der Waals surface area contributed by atoms with Crippen LogP contribution in [0.2, 0.25) is 0 Å². The summed E-state index contributed by atoms with van der Waals surface area (Å²) in [4.78, 5) is 21.7. The van der Waals surface area contributed by atoms with Crippen LogP contribution in [0.1, 0.15) is 22.9 Å². The Labute approximate surface area is 158 Å². The van der Waals surface area contributed by atoms with E-state index in [9.17, 15) is 20.2 Å². The lowest BCUT2D eigenvalue weighted by atomic mass is 10.1. The van der Waals surface area contributed by atoms with E-state index < -0.39 is 15.5 Å². The molecular weight excluding hydrogens is 368 g/mol. The van der Waals surface area contributed by atoms with Crippen molar-refractivity contribution in [2.45, 2.75) is 20.8 Å². The molecule has 0 fully saturated rings. The Bertz CT molecular complexity index is 1100. The number of nitro groups is 2. The van der Waals surface area contributed by atoms with Crippen molar-refractivity contribution < 1.29 is 9.85 Å². The molecule has 3 aromatic rings. The zero-order valence-electron chi connectivity index (χ0n) is 14.8. The molecule has 0 aliphatic heterocycles. The number of aryl methyl sites for hydroxylation is 2. The first-order valence-corrected chi connectivity index (χ1v) is 8.83. The molecule has 1 aromatic heterocycles. The molecule has 9 heteroatoms. The lowest BCUT2D eigenvalue weighted by molar-refractivity contribution is -0.393. The lowest BCUT2D eigenvalue weighted by Gasteiger charge is -2.04. The minimum Gasteiger partial charge on any atom is -0.271 e. The van der Waals surface area contributed by atoms with Gasteiger partial charge in [0.05, 0.1) is 26.5 Å². The van der Waals surface area contributed by atoms with Gasteiger partial charge in [-0.1, -0.05) is 17.7 Å². The largest absolute Gasteiger partial charge is 0.301 e. The van der Waals surface area contributed by atoms with Crippen molar-refractivity contribution in [3.05, 3.63) is 72.6 Å². The van der Waals surface area contributed by atoms with Crippen molar-refractivity contribution in [2.75, 3.05) is 5.43 Å². The third kappa shape index (κ3) is 3.63. The molecule has 0 atom stereocenters. The molecule has 0 bridgehead atoms. The van der Waals surface area contributed by atoms with Gasteiger partial charge in [0, 0.05) is 10.8 Å². The SMILES string of the molecule is CC(=NNc1ccc([N+](=O)[O-])cc1[N+](=O)[O-])c1sc2ccc(C)cc2c1C. The molecule has 0 unspecified atom stereocenters. The van der Waals surface area contributed by atoms with Crippen LogP contribution < -0.4 is 5.43 Å². The van der Waals surface area contributed by atoms with E-state index in [1.807, 2.05) is 26.8 Å². The summed E-state index contributed by atoms with van der Waals surface area (Å²) in [5.41, 5.74) is 4.97. The molecule has 0 saturated carbocycles. The van der Waals surface area contributed by atoms with E-state index in [2.05, 4.69) is 22.7 Å². The van der Waals surface area contributed by atoms with E-state index in [1.165, 1.54) is 17.7 Å². The van der Waals surface area contributed by atoms with Crippen molar-refractivity contribution in [2.24, 2.45) is 5.10 Å². The van der Waals surface area contributed by atoms with Crippen LogP contribution in [-0.2, 0) is 0 Å². The van der Waals surface area contributed by atoms with Gasteiger partial charge in [-0.15, -0.1) is 11.3 Å². The number of fused-ring (bicyclic) bond motifs is 1. The third-order valence-corrected chi connectivity index (χ3v) is 5.53. The molecule has 27 heavy (non-hydrogen) atoms. The van der Waals surface area contributed by atoms with Gasteiger partial charge < -0.3 is 0 Å². The zero-order chi connectivity index (χ0) is 19.7. The van der Waals surface area contributed by atoms with Crippen LogP contribution in [0.15, 0.2) is 41.5 Å². The highest BCUT2D eigenvalue weighted by atomic mass is 32.1. The predicted molar refractivity (Wildman–Crippen MR) is 107 cm³/mol. The maximum Gasteiger partial charge on any atom is 0.301 e. The van der Waals surface area contributed by atoms with Gasteiger partial charge >= 0.3 is 5.69 Å². The Hall–Kier alpha value is -3.33. The highest BCUT2D eigenvalue weighted by Crippen LogP contribution is 2.33. The second-order valence-corrected chi connectivity index (χ2v) is 7.13. The second-order valence-electron chi connectivity index (χ2n) is 6.08. The fraction of sp³-hybridized carbons (Fsp3) is 0.167. The summed E-state index contributed by atoms with van der Waals surface area (Å²) in [5.74, 6) is 0. The second kappa shape index (κ2) is 7.12. The van der Waals surface area contributed by atoms with Gasteiger partial charge in [-0.2, -0.15) is 5.10 Å². The van der Waals surface area contributed by atoms with Crippen LogP contribution in [0.3, 0.4) is 0 Å². The van der Waals surface area contributed by atoms with E-state index in [-0.39, 0.29) is 11.4 Å². The molecular formula is C18H16N4O4S. The predicted octanol–water partition coefficient (Wildman–Crippen LogP) is 5.17. The first-order valence-electron chi connectivity index (χ1n) is 8.01. The third-order valence-electron chi connectivity index (χ3n) is 4.15. The zero-order valence-corrected chi connectivity index (χ0v) is 15.7. The van der Waals surface area contributed by atoms with Crippen LogP contribution in [0.4, 0.5) is 17.1 Å². The van der Waals surface area contributed by atoms with Crippen molar-refractivity contribution in [1.29, 1.82) is 0 Å². The molecule has 0 amide bonds. The van der Waals surface area contributed by atoms with E-state index >= 15 is 0 Å². The molecule has 3 rings (SSSR count). The van der Waals surface area contributed by atoms with Gasteiger partial charge in [0.2, 0.25) is 0 Å². The van der Waals surface area contributed by atoms with Crippen LogP contribution in [-0.4, -0.2) is 15.6 Å². The van der Waals surface area contributed by atoms with E-state index in [0.717, 1.165) is 26.6 Å². The number of hydrazone groups is 1. The van der Waals surface area contributed by atoms with Gasteiger partial charge in [0.15, 0.2) is 0 Å². The fourth-order valence-corrected chi connectivity index (χ4v) is 3.89. The fourth-order valence-electron chi connectivity index (χ4n) is 2.75. The Balaban J connectivity index is 1.95. The summed E-state index contributed by atoms with van der Waals surface area (Å²) >= 11 is 1.60. The van der Waals surface area contributed by atoms with Gasteiger partial charge in [-0.25, -0.2) is 0 Å². The first-order chi connectivity index (χ1) is 12.8. The molecule has 0 aliphatic carbocycles. The number of thiophene rings is 1. The van der Waals surface area contributed by atoms with Gasteiger partial charge in [0.1, 0.15) is 5.69 Å². The summed E-state index contributed by atoms with van der Waals surface area (Å²) < 4.78 is 1.14. The number of non-ortho nitro benzene ring substituents is 1. The average Bonchev–Trinajstić information content (AvgIpc) is 2.95. The van der Waals surface area contributed by atoms with Crippen LogP contribution in [0.25, 0.3) is 10.1 Å². The van der Waals surface area contributed by atoms with Gasteiger partial charge in [-0.05, 0) is 43.9 Å². The number of nitro benzene ring substituents is 2. The van der Waals surface area contributed by atoms with E-state index in [1.54, 1.807) is 11.3 Å². The molecule has 1 N–H and O–H groups in total. The maximum absolute atomic E-state index is 11.2. The summed E-state index contributed by atoms with van der Waals surface area (Å²) in [6.45, 7) is 5.86. The normalized spacial score (nSPS) is 11.6. The Kier molecular flexibility index (Phi) is 4.87. The molecule has 138 valence electrons. The highest BCUT2D eigenvalue weighted by Gasteiger charge is 2.19. The molecule has 0 radical (unpaired) electrons. The number of benzene rings is 2. The van der Waals surface area contributed by atoms with E-state index in [4.69, 9.17) is 0 Å². The highest BCUT2D eigenvalue weighted by molar-refractivity contribution is 7.21. The van der Waals surface area contributed by atoms with Crippen molar-refractivity contribution in [3.63, 3.8) is 0 Å². The van der Waals surface area contributed by atoms with Gasteiger partial charge in [0.25, 0.3) is 5.69 Å². The number of nitrogens with zero attached hydrogens (tertiary/aromatic N) is 3. The number of rotatable bonds is 5. The standard InChI is InChI=1S/C18H16N4O4S/c1-10-4-7-17-14(8-10)11(2)18(27-17)12(3)19-20-15-6-5-13(21(23)24)9-16(15)22(25)26/h4-9,20H,1-3H3. The Morgan fingerprint density at radius 2 is 1.81 bits per heavy atom. The topological polar surface area (TPSA) is 111 Å². The summed E-state index contributed by atoms with van der Waals surface area (Å²) in [6, 6.07) is 9.63. The summed E-state index contributed by atoms with van der Waals surface area (Å²) in [5, 5.41) is 27.5. The molecule has 2 aromatic carbocycles. The number of nitrogens with one attached hydrogen (secondary N) is 1. The van der Waals surface area contributed by atoms with Crippen LogP contribution >= 0.6 is 11.3 Å². The maximum atomic E-state index is 11.2. The number of anilines is 1. The summed E-state index contributed by atoms with van der Waals surface area (Å²) in [6.07, 6.45) is 0. The Morgan fingerprint density at radius 1 is 1.07 bits per heavy atom. The minimum atomic E-state index is -0.673. The van der Waals surface area contributed by atoms with Gasteiger partial charge in [-0.3, -0.25) is 25.7 Å². The molecule has 8 nitrogen and oxygen atoms in total. The molecule has 0 spiro atoms. The molecule has 0 saturated heterocycles. The lowest BCUT2D eigenvalue weighted by Crippen LogP contribution is -2.02. The van der Waals surface area contributed by atoms with Crippen molar-refractivity contribution in [3.8, 4) is 0 Å². The van der Waals surface area contributed by atoms with Crippen LogP contribution in [0.5, 0.6) is 0 Å². The average molecular weight is 384 g/mol. The quantitative estimate of drug-likeness (QED) is 0.370. The van der Waals surface area contributed by atoms with Crippen LogP contribution in [0, 0.1) is 34.1 Å². The smallest absolute Gasteiger partial charge is 0.271 e. The molecule has 0 aliphatic rings. The number of hydrogen-bond acceptors (Lipinski definition) is 7. The van der Waals surface area contributed by atoms with Crippen molar-refractivity contribution >= 4 is 44.2 Å². The molecule has 1 heterocycles. The Morgan fingerprint density at radius 3 is 2.48 bits per heavy atom. The van der Waals surface area contributed by atoms with Crippen molar-refractivity contribution in [1.82, 2.24) is 0 Å². The monoisotopic (exact) mass is 384 g/mol.